The van der Waals surface area contributed by atoms with Crippen molar-refractivity contribution >= 4 is 15.9 Å². The molecular formula is C8H15BrN4. The molecule has 0 aliphatic heterocycles. The molecule has 1 unspecified atom stereocenters. The highest BCUT2D eigenvalue weighted by molar-refractivity contribution is 9.09. The summed E-state index contributed by atoms with van der Waals surface area (Å²) in [6, 6.07) is 0.460. The molecule has 0 fully saturated rings. The molecule has 1 atom stereocenters. The van der Waals surface area contributed by atoms with E-state index in [2.05, 4.69) is 45.2 Å². The molecule has 0 aliphatic carbocycles. The largest absolute Gasteiger partial charge is 0.306 e. The second kappa shape index (κ2) is 5.34. The van der Waals surface area contributed by atoms with Crippen LogP contribution in [0.3, 0.4) is 0 Å². The Labute approximate surface area is 86.9 Å². The van der Waals surface area contributed by atoms with Crippen LogP contribution in [0.1, 0.15) is 19.7 Å². The van der Waals surface area contributed by atoms with Gasteiger partial charge in [0, 0.05) is 17.9 Å². The molecule has 0 saturated heterocycles. The number of hydrogen-bond donors (Lipinski definition) is 1. The van der Waals surface area contributed by atoms with Gasteiger partial charge >= 0.3 is 0 Å². The molecule has 0 radical (unpaired) electrons. The van der Waals surface area contributed by atoms with Gasteiger partial charge in [0.05, 0.1) is 6.54 Å². The quantitative estimate of drug-likeness (QED) is 0.794. The Bertz CT molecular complexity index is 248. The van der Waals surface area contributed by atoms with E-state index in [1.165, 1.54) is 0 Å². The third kappa shape index (κ3) is 3.08. The molecule has 1 aromatic heterocycles. The molecule has 5 heteroatoms. The highest BCUT2D eigenvalue weighted by Gasteiger charge is 2.03. The van der Waals surface area contributed by atoms with Gasteiger partial charge in [-0.05, 0) is 13.8 Å². The maximum Gasteiger partial charge on any atom is 0.140 e. The lowest BCUT2D eigenvalue weighted by Crippen LogP contribution is -2.28. The van der Waals surface area contributed by atoms with Gasteiger partial charge in [0.15, 0.2) is 0 Å². The fourth-order valence-corrected chi connectivity index (χ4v) is 1.24. The minimum atomic E-state index is 0.460. The number of nitrogens with zero attached hydrogens (tertiary/aromatic N) is 3. The maximum atomic E-state index is 4.17. The van der Waals surface area contributed by atoms with Crippen molar-refractivity contribution in [1.29, 1.82) is 0 Å². The average molecular weight is 247 g/mol. The van der Waals surface area contributed by atoms with Gasteiger partial charge in [-0.25, -0.2) is 9.67 Å². The predicted octanol–water partition coefficient (Wildman–Crippen LogP) is 1.17. The van der Waals surface area contributed by atoms with E-state index in [4.69, 9.17) is 0 Å². The lowest BCUT2D eigenvalue weighted by molar-refractivity contribution is 0.537. The second-order valence-corrected chi connectivity index (χ2v) is 3.58. The Morgan fingerprint density at radius 2 is 2.46 bits per heavy atom. The molecule has 4 nitrogen and oxygen atoms in total. The molecule has 13 heavy (non-hydrogen) atoms. The minimum Gasteiger partial charge on any atom is -0.306 e. The summed E-state index contributed by atoms with van der Waals surface area (Å²) in [5.74, 6) is 0.996. The van der Waals surface area contributed by atoms with Crippen LogP contribution in [0.25, 0.3) is 0 Å². The van der Waals surface area contributed by atoms with Gasteiger partial charge < -0.3 is 5.32 Å². The summed E-state index contributed by atoms with van der Waals surface area (Å²) >= 11 is 3.41. The number of nitrogens with one attached hydrogen (secondary N) is 1. The van der Waals surface area contributed by atoms with E-state index in [1.807, 2.05) is 4.68 Å². The average Bonchev–Trinajstić information content (AvgIpc) is 2.61. The molecule has 0 amide bonds. The normalized spacial score (nSPS) is 13.2. The number of aromatic nitrogens is 3. The Balaban J connectivity index is 2.44. The highest BCUT2D eigenvalue weighted by atomic mass is 79.9. The Morgan fingerprint density at radius 1 is 1.69 bits per heavy atom. The van der Waals surface area contributed by atoms with Crippen LogP contribution in [0.4, 0.5) is 0 Å². The van der Waals surface area contributed by atoms with E-state index < -0.39 is 0 Å². The fraction of sp³-hybridized carbons (Fsp3) is 0.750. The second-order valence-electron chi connectivity index (χ2n) is 2.93. The van der Waals surface area contributed by atoms with Crippen molar-refractivity contribution in [3.8, 4) is 0 Å². The Kier molecular flexibility index (Phi) is 4.38. The van der Waals surface area contributed by atoms with Gasteiger partial charge in [0.1, 0.15) is 12.2 Å². The zero-order valence-electron chi connectivity index (χ0n) is 8.00. The van der Waals surface area contributed by atoms with Crippen molar-refractivity contribution in [2.45, 2.75) is 33.0 Å². The molecule has 0 aliphatic rings. The summed E-state index contributed by atoms with van der Waals surface area (Å²) in [6.07, 6.45) is 1.60. The van der Waals surface area contributed by atoms with Crippen molar-refractivity contribution < 1.29 is 0 Å². The first-order chi connectivity index (χ1) is 6.27. The SMILES string of the molecule is CCn1ncnc1CNC(C)CBr. The monoisotopic (exact) mass is 246 g/mol. The number of rotatable bonds is 5. The summed E-state index contributed by atoms with van der Waals surface area (Å²) in [6.45, 7) is 5.84. The van der Waals surface area contributed by atoms with Gasteiger partial charge in [0.25, 0.3) is 0 Å². The first-order valence-electron chi connectivity index (χ1n) is 4.44. The van der Waals surface area contributed by atoms with Crippen LogP contribution >= 0.6 is 15.9 Å². The first kappa shape index (κ1) is 10.7. The smallest absolute Gasteiger partial charge is 0.140 e. The number of hydrogen-bond acceptors (Lipinski definition) is 3. The third-order valence-electron chi connectivity index (χ3n) is 1.84. The predicted molar refractivity (Wildman–Crippen MR) is 55.8 cm³/mol. The lowest BCUT2D eigenvalue weighted by atomic mass is 10.4. The van der Waals surface area contributed by atoms with Crippen molar-refractivity contribution in [1.82, 2.24) is 20.1 Å². The zero-order chi connectivity index (χ0) is 9.68. The summed E-state index contributed by atoms with van der Waals surface area (Å²) in [5.41, 5.74) is 0. The fourth-order valence-electron chi connectivity index (χ4n) is 1.01. The molecule has 1 rings (SSSR count). The molecule has 1 N–H and O–H groups in total. The van der Waals surface area contributed by atoms with Crippen LogP contribution in [0.15, 0.2) is 6.33 Å². The number of alkyl halides is 1. The Morgan fingerprint density at radius 3 is 3.08 bits per heavy atom. The van der Waals surface area contributed by atoms with Crippen molar-refractivity contribution in [2.75, 3.05) is 5.33 Å². The van der Waals surface area contributed by atoms with Crippen molar-refractivity contribution in [2.24, 2.45) is 0 Å². The molecule has 0 saturated carbocycles. The molecule has 0 aromatic carbocycles. The summed E-state index contributed by atoms with van der Waals surface area (Å²) < 4.78 is 1.90. The van der Waals surface area contributed by atoms with E-state index in [0.717, 1.165) is 24.2 Å². The van der Waals surface area contributed by atoms with Crippen molar-refractivity contribution in [3.05, 3.63) is 12.2 Å². The van der Waals surface area contributed by atoms with E-state index in [-0.39, 0.29) is 0 Å². The number of aryl methyl sites for hydroxylation is 1. The van der Waals surface area contributed by atoms with Crippen LogP contribution in [0.5, 0.6) is 0 Å². The van der Waals surface area contributed by atoms with Gasteiger partial charge in [0.2, 0.25) is 0 Å². The lowest BCUT2D eigenvalue weighted by Gasteiger charge is -2.09. The van der Waals surface area contributed by atoms with E-state index in [9.17, 15) is 0 Å². The van der Waals surface area contributed by atoms with Gasteiger partial charge in [-0.3, -0.25) is 0 Å². The van der Waals surface area contributed by atoms with Crippen LogP contribution in [-0.2, 0) is 13.1 Å². The molecule has 1 heterocycles. The number of halogens is 1. The maximum absolute atomic E-state index is 4.17. The van der Waals surface area contributed by atoms with Crippen LogP contribution in [0.2, 0.25) is 0 Å². The van der Waals surface area contributed by atoms with Gasteiger partial charge in [-0.1, -0.05) is 15.9 Å². The molecule has 0 spiro atoms. The first-order valence-corrected chi connectivity index (χ1v) is 5.56. The minimum absolute atomic E-state index is 0.460. The standard InChI is InChI=1S/C8H15BrN4/c1-3-13-8(11-6-12-13)5-10-7(2)4-9/h6-7,10H,3-5H2,1-2H3. The summed E-state index contributed by atoms with van der Waals surface area (Å²) in [5, 5.41) is 8.38. The molecule has 0 bridgehead atoms. The van der Waals surface area contributed by atoms with Gasteiger partial charge in [-0.2, -0.15) is 5.10 Å². The molecule has 74 valence electrons. The van der Waals surface area contributed by atoms with E-state index >= 15 is 0 Å². The zero-order valence-corrected chi connectivity index (χ0v) is 9.58. The summed E-state index contributed by atoms with van der Waals surface area (Å²) in [7, 11) is 0. The van der Waals surface area contributed by atoms with Crippen LogP contribution in [-0.4, -0.2) is 26.1 Å². The molecular weight excluding hydrogens is 232 g/mol. The van der Waals surface area contributed by atoms with E-state index in [1.54, 1.807) is 6.33 Å². The van der Waals surface area contributed by atoms with E-state index in [0.29, 0.717) is 6.04 Å². The van der Waals surface area contributed by atoms with Crippen molar-refractivity contribution in [3.63, 3.8) is 0 Å². The van der Waals surface area contributed by atoms with Gasteiger partial charge in [-0.15, -0.1) is 0 Å². The molecule has 1 aromatic rings. The highest BCUT2D eigenvalue weighted by Crippen LogP contribution is 1.95. The Hall–Kier alpha value is -0.420. The third-order valence-corrected chi connectivity index (χ3v) is 2.81. The summed E-state index contributed by atoms with van der Waals surface area (Å²) in [4.78, 5) is 4.17. The topological polar surface area (TPSA) is 42.7 Å². The van der Waals surface area contributed by atoms with Crippen LogP contribution in [0, 0.1) is 0 Å². The van der Waals surface area contributed by atoms with Crippen LogP contribution < -0.4 is 5.32 Å².